The summed E-state index contributed by atoms with van der Waals surface area (Å²) in [4.78, 5) is 14.4. The van der Waals surface area contributed by atoms with Gasteiger partial charge in [0.05, 0.1) is 11.0 Å². The third kappa shape index (κ3) is 3.58. The zero-order chi connectivity index (χ0) is 18.8. The summed E-state index contributed by atoms with van der Waals surface area (Å²) in [5.41, 5.74) is 8.20. The lowest BCUT2D eigenvalue weighted by molar-refractivity contribution is -0.385. The molecule has 0 spiro atoms. The summed E-state index contributed by atoms with van der Waals surface area (Å²) in [6.45, 7) is 0. The average Bonchev–Trinajstić information content (AvgIpc) is 2.69. The molecule has 27 heavy (non-hydrogen) atoms. The fourth-order valence-electron chi connectivity index (χ4n) is 3.11. The van der Waals surface area contributed by atoms with Crippen LogP contribution in [0.4, 0.5) is 5.69 Å². The highest BCUT2D eigenvalue weighted by Gasteiger charge is 2.27. The maximum atomic E-state index is 10.9. The summed E-state index contributed by atoms with van der Waals surface area (Å²) in [7, 11) is 0. The molecule has 7 heteroatoms. The lowest BCUT2D eigenvalue weighted by Crippen LogP contribution is -2.24. The predicted molar refractivity (Wildman–Crippen MR) is 98.8 cm³/mol. The monoisotopic (exact) mass is 363 g/mol. The van der Waals surface area contributed by atoms with Gasteiger partial charge in [0.15, 0.2) is 0 Å². The number of rotatable bonds is 4. The summed E-state index contributed by atoms with van der Waals surface area (Å²) in [6.07, 6.45) is 1.89. The van der Waals surface area contributed by atoms with Crippen molar-refractivity contribution >= 4 is 5.69 Å². The zero-order valence-electron chi connectivity index (χ0n) is 14.3. The lowest BCUT2D eigenvalue weighted by atomic mass is 9.93. The Morgan fingerprint density at radius 1 is 1.15 bits per heavy atom. The molecular formula is C20H17N3O4. The first-order valence-corrected chi connectivity index (χ1v) is 8.49. The molecule has 0 aliphatic carbocycles. The number of fused-ring (bicyclic) bond motifs is 1. The quantitative estimate of drug-likeness (QED) is 0.548. The Morgan fingerprint density at radius 2 is 1.96 bits per heavy atom. The molecule has 0 saturated carbocycles. The number of nitro groups is 1. The van der Waals surface area contributed by atoms with E-state index in [4.69, 9.17) is 15.2 Å². The maximum absolute atomic E-state index is 10.9. The predicted octanol–water partition coefficient (Wildman–Crippen LogP) is 4.31. The maximum Gasteiger partial charge on any atom is 0.276 e. The topological polar surface area (TPSA) is 101 Å². The van der Waals surface area contributed by atoms with E-state index in [1.807, 2.05) is 30.3 Å². The number of aromatic nitrogens is 1. The number of hydrogen-bond donors (Lipinski definition) is 1. The van der Waals surface area contributed by atoms with Crippen LogP contribution in [0.3, 0.4) is 0 Å². The van der Waals surface area contributed by atoms with E-state index in [0.29, 0.717) is 17.9 Å². The van der Waals surface area contributed by atoms with Gasteiger partial charge in [-0.1, -0.05) is 30.3 Å². The van der Waals surface area contributed by atoms with Crippen LogP contribution in [0.5, 0.6) is 17.4 Å². The molecule has 2 atom stereocenters. The number of pyridine rings is 1. The molecule has 0 fully saturated rings. The third-order valence-corrected chi connectivity index (χ3v) is 4.44. The molecule has 7 nitrogen and oxygen atoms in total. The minimum absolute atomic E-state index is 0.0799. The highest BCUT2D eigenvalue weighted by atomic mass is 16.6. The molecule has 1 aromatic heterocycles. The first-order chi connectivity index (χ1) is 13.1. The summed E-state index contributed by atoms with van der Waals surface area (Å²) < 4.78 is 11.8. The number of nitrogens with two attached hydrogens (primary N) is 1. The molecule has 136 valence electrons. The Morgan fingerprint density at radius 3 is 2.74 bits per heavy atom. The molecule has 0 bridgehead atoms. The Bertz CT molecular complexity index is 978. The Labute approximate surface area is 155 Å². The summed E-state index contributed by atoms with van der Waals surface area (Å²) in [5.74, 6) is 1.36. The Kier molecular flexibility index (Phi) is 4.43. The van der Waals surface area contributed by atoms with E-state index >= 15 is 0 Å². The van der Waals surface area contributed by atoms with Crippen molar-refractivity contribution in [2.75, 3.05) is 0 Å². The molecule has 2 N–H and O–H groups in total. The van der Waals surface area contributed by atoms with Crippen molar-refractivity contribution < 1.29 is 14.4 Å². The zero-order valence-corrected chi connectivity index (χ0v) is 14.3. The Balaban J connectivity index is 1.57. The molecule has 0 radical (unpaired) electrons. The van der Waals surface area contributed by atoms with Crippen LogP contribution in [0.2, 0.25) is 0 Å². The van der Waals surface area contributed by atoms with Gasteiger partial charge in [0.25, 0.3) is 5.69 Å². The SMILES string of the molecule is NC1CC(c2ccccc2)Oc2ccc(Oc3cc([N+](=O)[O-])ccn3)cc21. The third-order valence-electron chi connectivity index (χ3n) is 4.44. The van der Waals surface area contributed by atoms with E-state index in [9.17, 15) is 10.1 Å². The number of ether oxygens (including phenoxy) is 2. The second-order valence-electron chi connectivity index (χ2n) is 6.27. The van der Waals surface area contributed by atoms with Crippen LogP contribution >= 0.6 is 0 Å². The first kappa shape index (κ1) is 17.0. The number of benzene rings is 2. The Hall–Kier alpha value is -3.45. The summed E-state index contributed by atoms with van der Waals surface area (Å²) in [5, 5.41) is 10.9. The number of hydrogen-bond acceptors (Lipinski definition) is 6. The van der Waals surface area contributed by atoms with E-state index in [0.717, 1.165) is 11.1 Å². The van der Waals surface area contributed by atoms with E-state index in [-0.39, 0.29) is 23.7 Å². The standard InChI is InChI=1S/C20H17N3O4/c21-17-12-19(13-4-2-1-3-5-13)27-18-7-6-15(11-16(17)18)26-20-10-14(23(24)25)8-9-22-20/h1-11,17,19H,12,21H2. The molecule has 0 amide bonds. The molecule has 2 heterocycles. The van der Waals surface area contributed by atoms with Crippen molar-refractivity contribution in [2.45, 2.75) is 18.6 Å². The van der Waals surface area contributed by atoms with Gasteiger partial charge < -0.3 is 15.2 Å². The fraction of sp³-hybridized carbons (Fsp3) is 0.150. The molecule has 1 aliphatic rings. The van der Waals surface area contributed by atoms with Crippen LogP contribution in [-0.2, 0) is 0 Å². The van der Waals surface area contributed by atoms with Crippen molar-refractivity contribution in [3.8, 4) is 17.4 Å². The van der Waals surface area contributed by atoms with Crippen LogP contribution < -0.4 is 15.2 Å². The van der Waals surface area contributed by atoms with E-state index in [2.05, 4.69) is 4.98 Å². The van der Waals surface area contributed by atoms with Crippen LogP contribution in [-0.4, -0.2) is 9.91 Å². The minimum Gasteiger partial charge on any atom is -0.485 e. The fourth-order valence-corrected chi connectivity index (χ4v) is 3.11. The van der Waals surface area contributed by atoms with Gasteiger partial charge in [-0.15, -0.1) is 0 Å². The molecular weight excluding hydrogens is 346 g/mol. The highest BCUT2D eigenvalue weighted by Crippen LogP contribution is 2.41. The molecule has 2 unspecified atom stereocenters. The van der Waals surface area contributed by atoms with Crippen LogP contribution in [0.15, 0.2) is 66.9 Å². The van der Waals surface area contributed by atoms with Gasteiger partial charge in [-0.05, 0) is 23.8 Å². The van der Waals surface area contributed by atoms with Crippen molar-refractivity contribution in [1.29, 1.82) is 0 Å². The van der Waals surface area contributed by atoms with Crippen LogP contribution in [0, 0.1) is 10.1 Å². The number of nitrogens with zero attached hydrogens (tertiary/aromatic N) is 2. The highest BCUT2D eigenvalue weighted by molar-refractivity contribution is 5.45. The second-order valence-corrected chi connectivity index (χ2v) is 6.27. The second kappa shape index (κ2) is 7.05. The normalized spacial score (nSPS) is 18.3. The molecule has 0 saturated heterocycles. The van der Waals surface area contributed by atoms with Gasteiger partial charge in [0, 0.05) is 30.3 Å². The van der Waals surface area contributed by atoms with Crippen molar-refractivity contribution in [3.63, 3.8) is 0 Å². The van der Waals surface area contributed by atoms with Crippen molar-refractivity contribution in [1.82, 2.24) is 4.98 Å². The van der Waals surface area contributed by atoms with Gasteiger partial charge in [-0.2, -0.15) is 0 Å². The van der Waals surface area contributed by atoms with E-state index in [1.54, 1.807) is 18.2 Å². The molecule has 3 aromatic rings. The van der Waals surface area contributed by atoms with Gasteiger partial charge in [0.1, 0.15) is 17.6 Å². The largest absolute Gasteiger partial charge is 0.485 e. The van der Waals surface area contributed by atoms with Gasteiger partial charge >= 0.3 is 0 Å². The molecule has 2 aromatic carbocycles. The first-order valence-electron chi connectivity index (χ1n) is 8.49. The summed E-state index contributed by atoms with van der Waals surface area (Å²) >= 11 is 0. The minimum atomic E-state index is -0.491. The average molecular weight is 363 g/mol. The molecule has 1 aliphatic heterocycles. The van der Waals surface area contributed by atoms with E-state index < -0.39 is 4.92 Å². The van der Waals surface area contributed by atoms with Crippen molar-refractivity contribution in [2.24, 2.45) is 5.73 Å². The van der Waals surface area contributed by atoms with Crippen molar-refractivity contribution in [3.05, 3.63) is 88.1 Å². The summed E-state index contributed by atoms with van der Waals surface area (Å²) in [6, 6.07) is 17.7. The van der Waals surface area contributed by atoms with Gasteiger partial charge in [-0.25, -0.2) is 4.98 Å². The van der Waals surface area contributed by atoms with Crippen LogP contribution in [0.25, 0.3) is 0 Å². The van der Waals surface area contributed by atoms with Gasteiger partial charge in [-0.3, -0.25) is 10.1 Å². The lowest BCUT2D eigenvalue weighted by Gasteiger charge is -2.30. The van der Waals surface area contributed by atoms with Crippen LogP contribution in [0.1, 0.15) is 29.7 Å². The van der Waals surface area contributed by atoms with Gasteiger partial charge in [0.2, 0.25) is 5.88 Å². The van der Waals surface area contributed by atoms with E-state index in [1.165, 1.54) is 18.3 Å². The smallest absolute Gasteiger partial charge is 0.276 e. The molecule has 4 rings (SSSR count).